The highest BCUT2D eigenvalue weighted by Crippen LogP contribution is 2.35. The first-order chi connectivity index (χ1) is 11.0. The van der Waals surface area contributed by atoms with Crippen LogP contribution in [0.25, 0.3) is 22.2 Å². The molecule has 0 amide bonds. The fraction of sp³-hybridized carbons (Fsp3) is 0.250. The number of fused-ring (bicyclic) bond motifs is 1. The number of para-hydroxylation sites is 1. The summed E-state index contributed by atoms with van der Waals surface area (Å²) in [7, 11) is 0. The first-order valence-electron chi connectivity index (χ1n) is 7.90. The van der Waals surface area contributed by atoms with Crippen LogP contribution in [0.15, 0.2) is 42.5 Å². The Bertz CT molecular complexity index is 874. The second kappa shape index (κ2) is 5.92. The van der Waals surface area contributed by atoms with Crippen molar-refractivity contribution in [2.45, 2.75) is 33.1 Å². The highest BCUT2D eigenvalue weighted by Gasteiger charge is 2.19. The molecule has 1 aromatic heterocycles. The molecule has 118 valence electrons. The van der Waals surface area contributed by atoms with Crippen molar-refractivity contribution in [3.8, 4) is 11.3 Å². The number of hydrogen-bond donors (Lipinski definition) is 2. The van der Waals surface area contributed by atoms with Gasteiger partial charge in [0, 0.05) is 16.5 Å². The highest BCUT2D eigenvalue weighted by atomic mass is 16.4. The molecular weight excluding hydrogens is 286 g/mol. The molecule has 1 heterocycles. The minimum absolute atomic E-state index is 0.0191. The van der Waals surface area contributed by atoms with Crippen LogP contribution in [0.5, 0.6) is 0 Å². The molecule has 0 radical (unpaired) electrons. The number of nitrogens with one attached hydrogen (secondary N) is 1. The summed E-state index contributed by atoms with van der Waals surface area (Å²) >= 11 is 0. The second-order valence-corrected chi connectivity index (χ2v) is 6.29. The number of aromatic amines is 1. The SMILES string of the molecule is Cc1ccccc1-c1[nH]c2c(C(C)C)cccc2c1CC(=O)O. The van der Waals surface area contributed by atoms with Gasteiger partial charge in [0.05, 0.1) is 12.1 Å². The van der Waals surface area contributed by atoms with Gasteiger partial charge in [-0.05, 0) is 29.5 Å². The van der Waals surface area contributed by atoms with Crippen LogP contribution in [0.4, 0.5) is 0 Å². The van der Waals surface area contributed by atoms with Gasteiger partial charge in [0.25, 0.3) is 0 Å². The molecule has 3 nitrogen and oxygen atoms in total. The predicted molar refractivity (Wildman–Crippen MR) is 93.9 cm³/mol. The molecular formula is C20H21NO2. The molecule has 0 aliphatic heterocycles. The molecule has 0 spiro atoms. The Morgan fingerprint density at radius 1 is 1.13 bits per heavy atom. The number of hydrogen-bond acceptors (Lipinski definition) is 1. The summed E-state index contributed by atoms with van der Waals surface area (Å²) in [5.74, 6) is -0.435. The molecule has 0 bridgehead atoms. The van der Waals surface area contributed by atoms with E-state index < -0.39 is 5.97 Å². The number of aliphatic carboxylic acids is 1. The van der Waals surface area contributed by atoms with Crippen molar-refractivity contribution >= 4 is 16.9 Å². The van der Waals surface area contributed by atoms with E-state index in [4.69, 9.17) is 0 Å². The largest absolute Gasteiger partial charge is 0.481 e. The van der Waals surface area contributed by atoms with Crippen LogP contribution in [0.2, 0.25) is 0 Å². The third-order valence-corrected chi connectivity index (χ3v) is 4.34. The van der Waals surface area contributed by atoms with E-state index >= 15 is 0 Å². The molecule has 0 fully saturated rings. The highest BCUT2D eigenvalue weighted by molar-refractivity contribution is 5.96. The van der Waals surface area contributed by atoms with Crippen molar-refractivity contribution in [3.05, 3.63) is 59.2 Å². The fourth-order valence-corrected chi connectivity index (χ4v) is 3.20. The van der Waals surface area contributed by atoms with Crippen molar-refractivity contribution in [1.29, 1.82) is 0 Å². The monoisotopic (exact) mass is 307 g/mol. The van der Waals surface area contributed by atoms with Crippen molar-refractivity contribution in [2.24, 2.45) is 0 Å². The van der Waals surface area contributed by atoms with E-state index in [1.54, 1.807) is 0 Å². The van der Waals surface area contributed by atoms with Gasteiger partial charge < -0.3 is 10.1 Å². The van der Waals surface area contributed by atoms with Gasteiger partial charge >= 0.3 is 5.97 Å². The second-order valence-electron chi connectivity index (χ2n) is 6.29. The van der Waals surface area contributed by atoms with E-state index in [1.165, 1.54) is 5.56 Å². The predicted octanol–water partition coefficient (Wildman–Crippen LogP) is 4.89. The van der Waals surface area contributed by atoms with Crippen molar-refractivity contribution < 1.29 is 9.90 Å². The molecule has 2 N–H and O–H groups in total. The zero-order valence-corrected chi connectivity index (χ0v) is 13.7. The maximum absolute atomic E-state index is 11.4. The number of rotatable bonds is 4. The molecule has 0 aliphatic carbocycles. The van der Waals surface area contributed by atoms with Crippen LogP contribution in [-0.4, -0.2) is 16.1 Å². The standard InChI is InChI=1S/C20H21NO2/c1-12(2)14-9-6-10-16-17(11-18(22)23)20(21-19(14)16)15-8-5-4-7-13(15)3/h4-10,12,21H,11H2,1-3H3,(H,22,23). The Kier molecular flexibility index (Phi) is 3.95. The van der Waals surface area contributed by atoms with E-state index in [1.807, 2.05) is 30.3 Å². The maximum Gasteiger partial charge on any atom is 0.307 e. The van der Waals surface area contributed by atoms with Gasteiger partial charge in [-0.2, -0.15) is 0 Å². The smallest absolute Gasteiger partial charge is 0.307 e. The zero-order chi connectivity index (χ0) is 16.6. The van der Waals surface area contributed by atoms with Crippen LogP contribution >= 0.6 is 0 Å². The Morgan fingerprint density at radius 3 is 2.52 bits per heavy atom. The van der Waals surface area contributed by atoms with Gasteiger partial charge in [-0.15, -0.1) is 0 Å². The van der Waals surface area contributed by atoms with Crippen molar-refractivity contribution in [1.82, 2.24) is 4.98 Å². The third kappa shape index (κ3) is 2.74. The zero-order valence-electron chi connectivity index (χ0n) is 13.7. The first kappa shape index (κ1) is 15.3. The van der Waals surface area contributed by atoms with Gasteiger partial charge in [0.15, 0.2) is 0 Å². The molecule has 3 heteroatoms. The molecule has 3 aromatic rings. The van der Waals surface area contributed by atoms with Crippen molar-refractivity contribution in [2.75, 3.05) is 0 Å². The van der Waals surface area contributed by atoms with E-state index in [-0.39, 0.29) is 6.42 Å². The number of carboxylic acid groups (broad SMARTS) is 1. The summed E-state index contributed by atoms with van der Waals surface area (Å²) in [6, 6.07) is 14.2. The van der Waals surface area contributed by atoms with Gasteiger partial charge in [-0.3, -0.25) is 4.79 Å². The molecule has 0 atom stereocenters. The number of benzene rings is 2. The lowest BCUT2D eigenvalue weighted by Crippen LogP contribution is -2.01. The average molecular weight is 307 g/mol. The minimum Gasteiger partial charge on any atom is -0.481 e. The Morgan fingerprint density at radius 2 is 1.87 bits per heavy atom. The van der Waals surface area contributed by atoms with E-state index in [2.05, 4.69) is 37.9 Å². The summed E-state index contributed by atoms with van der Waals surface area (Å²) in [5, 5.41) is 10.4. The van der Waals surface area contributed by atoms with E-state index in [9.17, 15) is 9.90 Å². The van der Waals surface area contributed by atoms with E-state index in [0.29, 0.717) is 5.92 Å². The average Bonchev–Trinajstić information content (AvgIpc) is 2.85. The van der Waals surface area contributed by atoms with Crippen LogP contribution in [0, 0.1) is 6.92 Å². The van der Waals surface area contributed by atoms with Crippen LogP contribution in [0.3, 0.4) is 0 Å². The first-order valence-corrected chi connectivity index (χ1v) is 7.90. The number of H-pyrrole nitrogens is 1. The van der Waals surface area contributed by atoms with E-state index in [0.717, 1.165) is 33.3 Å². The summed E-state index contributed by atoms with van der Waals surface area (Å²) in [5.41, 5.74) is 6.26. The third-order valence-electron chi connectivity index (χ3n) is 4.34. The molecule has 3 rings (SSSR count). The lowest BCUT2D eigenvalue weighted by Gasteiger charge is -2.06. The van der Waals surface area contributed by atoms with Gasteiger partial charge in [-0.1, -0.05) is 56.3 Å². The molecule has 23 heavy (non-hydrogen) atoms. The normalized spacial score (nSPS) is 11.3. The van der Waals surface area contributed by atoms with Gasteiger partial charge in [-0.25, -0.2) is 0 Å². The van der Waals surface area contributed by atoms with Crippen LogP contribution in [-0.2, 0) is 11.2 Å². The maximum atomic E-state index is 11.4. The van der Waals surface area contributed by atoms with Crippen LogP contribution in [0.1, 0.15) is 36.5 Å². The Hall–Kier alpha value is -2.55. The summed E-state index contributed by atoms with van der Waals surface area (Å²) in [4.78, 5) is 14.9. The molecule has 2 aromatic carbocycles. The number of aromatic nitrogens is 1. The van der Waals surface area contributed by atoms with Gasteiger partial charge in [0.1, 0.15) is 0 Å². The summed E-state index contributed by atoms with van der Waals surface area (Å²) in [6.45, 7) is 6.36. The summed E-state index contributed by atoms with van der Waals surface area (Å²) in [6.07, 6.45) is 0.0191. The quantitative estimate of drug-likeness (QED) is 0.720. The van der Waals surface area contributed by atoms with Crippen molar-refractivity contribution in [3.63, 3.8) is 0 Å². The number of carbonyl (C=O) groups is 1. The fourth-order valence-electron chi connectivity index (χ4n) is 3.20. The topological polar surface area (TPSA) is 53.1 Å². The van der Waals surface area contributed by atoms with Crippen LogP contribution < -0.4 is 0 Å². The molecule has 0 aliphatic rings. The minimum atomic E-state index is -0.810. The molecule has 0 unspecified atom stereocenters. The lowest BCUT2D eigenvalue weighted by atomic mass is 9.97. The number of carboxylic acids is 1. The molecule has 0 saturated carbocycles. The summed E-state index contributed by atoms with van der Waals surface area (Å²) < 4.78 is 0. The number of aryl methyl sites for hydroxylation is 1. The molecule has 0 saturated heterocycles. The Balaban J connectivity index is 2.34. The van der Waals surface area contributed by atoms with Gasteiger partial charge in [0.2, 0.25) is 0 Å². The lowest BCUT2D eigenvalue weighted by molar-refractivity contribution is -0.136. The Labute approximate surface area is 136 Å².